The van der Waals surface area contributed by atoms with Crippen molar-refractivity contribution in [2.75, 3.05) is 52.8 Å². The molecule has 7 nitrogen and oxygen atoms in total. The van der Waals surface area contributed by atoms with Gasteiger partial charge in [-0.2, -0.15) is 0 Å². The van der Waals surface area contributed by atoms with Crippen LogP contribution in [0.1, 0.15) is 37.1 Å². The standard InChI is InChI=1S/C23H36N6OS.HI/c1-6-24-22(26-15-19-16-31-23(27-19)28(2)3)25-14-18-8-7-13-29(4)21(18)17-9-11-20(30-5)12-10-17;/h9-12,16,18,21H,6-8,13-15H2,1-5H3,(H2,24,25,26);1H. The molecule has 1 aromatic carbocycles. The molecule has 0 radical (unpaired) electrons. The van der Waals surface area contributed by atoms with E-state index in [-0.39, 0.29) is 24.0 Å². The highest BCUT2D eigenvalue weighted by Gasteiger charge is 2.30. The predicted octanol–water partition coefficient (Wildman–Crippen LogP) is 3.97. The van der Waals surface area contributed by atoms with Gasteiger partial charge in [-0.15, -0.1) is 35.3 Å². The number of nitrogens with one attached hydrogen (secondary N) is 2. The Hall–Kier alpha value is -1.59. The molecule has 2 atom stereocenters. The Balaban J connectivity index is 0.00000363. The quantitative estimate of drug-likeness (QED) is 0.284. The van der Waals surface area contributed by atoms with Gasteiger partial charge in [0, 0.05) is 38.6 Å². The number of rotatable bonds is 8. The Kier molecular flexibility index (Phi) is 11.0. The third-order valence-corrected chi connectivity index (χ3v) is 6.72. The van der Waals surface area contributed by atoms with Gasteiger partial charge in [-0.3, -0.25) is 4.90 Å². The molecule has 2 N–H and O–H groups in total. The fourth-order valence-corrected chi connectivity index (χ4v) is 4.85. The van der Waals surface area contributed by atoms with Gasteiger partial charge in [-0.05, 0) is 57.0 Å². The number of benzene rings is 1. The lowest BCUT2D eigenvalue weighted by Crippen LogP contribution is -2.45. The van der Waals surface area contributed by atoms with E-state index in [0.717, 1.165) is 42.2 Å². The molecular formula is C23H37IN6OS. The maximum absolute atomic E-state index is 5.34. The van der Waals surface area contributed by atoms with E-state index in [1.54, 1.807) is 18.4 Å². The van der Waals surface area contributed by atoms with Crippen LogP contribution in [-0.4, -0.2) is 63.7 Å². The van der Waals surface area contributed by atoms with Crippen LogP contribution in [0.5, 0.6) is 5.75 Å². The average Bonchev–Trinajstić information content (AvgIpc) is 3.25. The van der Waals surface area contributed by atoms with Gasteiger partial charge in [0.2, 0.25) is 0 Å². The van der Waals surface area contributed by atoms with E-state index >= 15 is 0 Å². The number of hydrogen-bond acceptors (Lipinski definition) is 6. The highest BCUT2D eigenvalue weighted by Crippen LogP contribution is 2.35. The van der Waals surface area contributed by atoms with Crippen molar-refractivity contribution in [1.82, 2.24) is 20.5 Å². The van der Waals surface area contributed by atoms with E-state index in [2.05, 4.69) is 64.1 Å². The molecule has 3 rings (SSSR count). The molecule has 1 aliphatic rings. The minimum absolute atomic E-state index is 0. The maximum atomic E-state index is 5.34. The summed E-state index contributed by atoms with van der Waals surface area (Å²) in [6.45, 7) is 5.51. The molecule has 2 aromatic rings. The van der Waals surface area contributed by atoms with E-state index in [1.807, 2.05) is 19.0 Å². The second-order valence-electron chi connectivity index (χ2n) is 8.19. The summed E-state index contributed by atoms with van der Waals surface area (Å²) < 4.78 is 5.34. The summed E-state index contributed by atoms with van der Waals surface area (Å²) in [5.41, 5.74) is 2.34. The van der Waals surface area contributed by atoms with Crippen LogP contribution in [-0.2, 0) is 6.54 Å². The second kappa shape index (κ2) is 13.2. The summed E-state index contributed by atoms with van der Waals surface area (Å²) in [4.78, 5) is 13.9. The molecule has 9 heteroatoms. The first-order chi connectivity index (χ1) is 15.0. The molecule has 0 saturated carbocycles. The topological polar surface area (TPSA) is 65.0 Å². The first-order valence-corrected chi connectivity index (χ1v) is 11.9. The van der Waals surface area contributed by atoms with Crippen molar-refractivity contribution in [1.29, 1.82) is 0 Å². The number of guanidine groups is 1. The lowest BCUT2D eigenvalue weighted by molar-refractivity contribution is 0.122. The first kappa shape index (κ1) is 26.7. The average molecular weight is 573 g/mol. The van der Waals surface area contributed by atoms with Gasteiger partial charge in [0.15, 0.2) is 11.1 Å². The lowest BCUT2D eigenvalue weighted by atomic mass is 9.85. The fourth-order valence-electron chi connectivity index (χ4n) is 4.11. The van der Waals surface area contributed by atoms with Crippen LogP contribution in [0, 0.1) is 5.92 Å². The Morgan fingerprint density at radius 2 is 2.03 bits per heavy atom. The molecule has 0 amide bonds. The number of nitrogens with zero attached hydrogens (tertiary/aromatic N) is 4. The number of methoxy groups -OCH3 is 1. The van der Waals surface area contributed by atoms with E-state index < -0.39 is 0 Å². The zero-order chi connectivity index (χ0) is 22.2. The summed E-state index contributed by atoms with van der Waals surface area (Å²) in [6, 6.07) is 8.90. The molecule has 2 unspecified atom stereocenters. The minimum atomic E-state index is 0. The number of likely N-dealkylation sites (tertiary alicyclic amines) is 1. The monoisotopic (exact) mass is 572 g/mol. The van der Waals surface area contributed by atoms with Crippen molar-refractivity contribution in [2.45, 2.75) is 32.4 Å². The van der Waals surface area contributed by atoms with Crippen molar-refractivity contribution in [3.63, 3.8) is 0 Å². The first-order valence-electron chi connectivity index (χ1n) is 11.0. The molecule has 1 aromatic heterocycles. The molecule has 1 aliphatic heterocycles. The van der Waals surface area contributed by atoms with Crippen LogP contribution in [0.15, 0.2) is 34.6 Å². The Morgan fingerprint density at radius 1 is 1.28 bits per heavy atom. The number of thiazole rings is 1. The highest BCUT2D eigenvalue weighted by molar-refractivity contribution is 14.0. The van der Waals surface area contributed by atoms with Crippen LogP contribution in [0.25, 0.3) is 0 Å². The van der Waals surface area contributed by atoms with Crippen molar-refractivity contribution >= 4 is 46.4 Å². The van der Waals surface area contributed by atoms with Crippen molar-refractivity contribution < 1.29 is 4.74 Å². The van der Waals surface area contributed by atoms with Crippen LogP contribution in [0.3, 0.4) is 0 Å². The van der Waals surface area contributed by atoms with E-state index in [4.69, 9.17) is 9.73 Å². The molecule has 178 valence electrons. The summed E-state index contributed by atoms with van der Waals surface area (Å²) in [6.07, 6.45) is 2.42. The number of aliphatic imine (C=N–C) groups is 1. The summed E-state index contributed by atoms with van der Waals surface area (Å²) in [7, 11) is 7.96. The number of piperidine rings is 1. The smallest absolute Gasteiger partial charge is 0.191 e. The number of aromatic nitrogens is 1. The fraction of sp³-hybridized carbons (Fsp3) is 0.565. The number of hydrogen-bond donors (Lipinski definition) is 2. The third-order valence-electron chi connectivity index (χ3n) is 5.66. The second-order valence-corrected chi connectivity index (χ2v) is 9.03. The van der Waals surface area contributed by atoms with Gasteiger partial charge in [-0.1, -0.05) is 12.1 Å². The molecule has 1 saturated heterocycles. The van der Waals surface area contributed by atoms with Crippen molar-refractivity contribution in [2.24, 2.45) is 10.9 Å². The zero-order valence-corrected chi connectivity index (χ0v) is 22.9. The van der Waals surface area contributed by atoms with Gasteiger partial charge in [0.25, 0.3) is 0 Å². The van der Waals surface area contributed by atoms with Gasteiger partial charge < -0.3 is 20.3 Å². The van der Waals surface area contributed by atoms with Gasteiger partial charge in [0.1, 0.15) is 5.75 Å². The summed E-state index contributed by atoms with van der Waals surface area (Å²) >= 11 is 1.65. The third kappa shape index (κ3) is 7.21. The van der Waals surface area contributed by atoms with Gasteiger partial charge in [0.05, 0.1) is 19.3 Å². The molecule has 0 aliphatic carbocycles. The molecule has 32 heavy (non-hydrogen) atoms. The zero-order valence-electron chi connectivity index (χ0n) is 19.8. The van der Waals surface area contributed by atoms with Crippen LogP contribution < -0.4 is 20.3 Å². The van der Waals surface area contributed by atoms with Crippen LogP contribution >= 0.6 is 35.3 Å². The normalized spacial score (nSPS) is 19.2. The van der Waals surface area contributed by atoms with Crippen molar-refractivity contribution in [3.8, 4) is 5.75 Å². The maximum Gasteiger partial charge on any atom is 0.191 e. The number of anilines is 1. The summed E-state index contributed by atoms with van der Waals surface area (Å²) in [5, 5.41) is 10.1. The molecular weight excluding hydrogens is 535 g/mol. The van der Waals surface area contributed by atoms with Gasteiger partial charge >= 0.3 is 0 Å². The lowest BCUT2D eigenvalue weighted by Gasteiger charge is -2.40. The highest BCUT2D eigenvalue weighted by atomic mass is 127. The van der Waals surface area contributed by atoms with Crippen LogP contribution in [0.4, 0.5) is 5.13 Å². The number of ether oxygens (including phenoxy) is 1. The minimum Gasteiger partial charge on any atom is -0.497 e. The molecule has 0 spiro atoms. The number of halogens is 1. The van der Waals surface area contributed by atoms with E-state index in [1.165, 1.54) is 18.4 Å². The molecule has 1 fully saturated rings. The summed E-state index contributed by atoms with van der Waals surface area (Å²) in [5.74, 6) is 2.26. The Bertz CT molecular complexity index is 841. The predicted molar refractivity (Wildman–Crippen MR) is 146 cm³/mol. The SMILES string of the molecule is CCNC(=NCc1csc(N(C)C)n1)NCC1CCCN(C)C1c1ccc(OC)cc1.I. The van der Waals surface area contributed by atoms with Crippen molar-refractivity contribution in [3.05, 3.63) is 40.9 Å². The van der Waals surface area contributed by atoms with Gasteiger partial charge in [-0.25, -0.2) is 9.98 Å². The molecule has 0 bridgehead atoms. The largest absolute Gasteiger partial charge is 0.497 e. The Labute approximate surface area is 213 Å². The van der Waals surface area contributed by atoms with Crippen LogP contribution in [0.2, 0.25) is 0 Å². The molecule has 2 heterocycles. The Morgan fingerprint density at radius 3 is 2.66 bits per heavy atom. The van der Waals surface area contributed by atoms with E-state index in [0.29, 0.717) is 18.5 Å². The van der Waals surface area contributed by atoms with E-state index in [9.17, 15) is 0 Å².